The van der Waals surface area contributed by atoms with Crippen molar-refractivity contribution in [2.24, 2.45) is 5.92 Å². The molecule has 2 N–H and O–H groups in total. The smallest absolute Gasteiger partial charge is 0.326 e. The maximum Gasteiger partial charge on any atom is 0.326 e. The lowest BCUT2D eigenvalue weighted by atomic mass is 10.2. The maximum atomic E-state index is 12.3. The summed E-state index contributed by atoms with van der Waals surface area (Å²) >= 11 is 3.09. The van der Waals surface area contributed by atoms with Crippen LogP contribution in [0.5, 0.6) is 0 Å². The molecule has 1 amide bonds. The first-order chi connectivity index (χ1) is 10.6. The molecule has 1 aliphatic carbocycles. The molecule has 0 spiro atoms. The molecule has 1 fully saturated rings. The first-order valence-corrected chi connectivity index (χ1v) is 8.71. The van der Waals surface area contributed by atoms with Gasteiger partial charge in [0.1, 0.15) is 6.04 Å². The average Bonchev–Trinajstić information content (AvgIpc) is 3.15. The highest BCUT2D eigenvalue weighted by atomic mass is 32.1. The van der Waals surface area contributed by atoms with Gasteiger partial charge in [0.2, 0.25) is 0 Å². The topological polar surface area (TPSA) is 66.4 Å². The molecule has 1 aliphatic rings. The van der Waals surface area contributed by atoms with Crippen molar-refractivity contribution in [3.05, 3.63) is 35.2 Å². The third-order valence-electron chi connectivity index (χ3n) is 3.92. The van der Waals surface area contributed by atoms with Gasteiger partial charge in [-0.25, -0.2) is 4.79 Å². The summed E-state index contributed by atoms with van der Waals surface area (Å²) in [7, 11) is 0. The molecule has 2 aromatic heterocycles. The summed E-state index contributed by atoms with van der Waals surface area (Å²) < 4.78 is 3.38. The lowest BCUT2D eigenvalue weighted by Crippen LogP contribution is -2.42. The molecule has 22 heavy (non-hydrogen) atoms. The van der Waals surface area contributed by atoms with E-state index in [1.165, 1.54) is 16.0 Å². The van der Waals surface area contributed by atoms with E-state index in [1.807, 2.05) is 18.2 Å². The number of fused-ring (bicyclic) bond motifs is 3. The number of carbonyl (C=O) groups is 2. The normalized spacial score (nSPS) is 16.0. The highest BCUT2D eigenvalue weighted by molar-refractivity contribution is 7.33. The van der Waals surface area contributed by atoms with E-state index < -0.39 is 12.0 Å². The fourth-order valence-corrected chi connectivity index (χ4v) is 5.06. The molecule has 0 bridgehead atoms. The summed E-state index contributed by atoms with van der Waals surface area (Å²) in [4.78, 5) is 24.2. The van der Waals surface area contributed by atoms with Crippen molar-refractivity contribution in [3.8, 4) is 0 Å². The molecule has 1 saturated carbocycles. The Kier molecular flexibility index (Phi) is 3.16. The van der Waals surface area contributed by atoms with Crippen LogP contribution in [-0.4, -0.2) is 23.0 Å². The Morgan fingerprint density at radius 1 is 1.18 bits per heavy atom. The van der Waals surface area contributed by atoms with Gasteiger partial charge >= 0.3 is 5.97 Å². The molecule has 6 heteroatoms. The third kappa shape index (κ3) is 2.28. The van der Waals surface area contributed by atoms with Gasteiger partial charge in [0, 0.05) is 14.8 Å². The second-order valence-electron chi connectivity index (χ2n) is 5.53. The highest BCUT2D eigenvalue weighted by Gasteiger charge is 2.37. The molecular weight excluding hydrogens is 318 g/mol. The van der Waals surface area contributed by atoms with Crippen LogP contribution in [-0.2, 0) is 4.79 Å². The number of amides is 1. The van der Waals surface area contributed by atoms with E-state index in [-0.39, 0.29) is 11.8 Å². The molecule has 1 unspecified atom stereocenters. The van der Waals surface area contributed by atoms with Crippen LogP contribution in [0.3, 0.4) is 0 Å². The number of rotatable bonds is 4. The van der Waals surface area contributed by atoms with Gasteiger partial charge in [-0.15, -0.1) is 22.7 Å². The molecule has 2 heterocycles. The van der Waals surface area contributed by atoms with Crippen LogP contribution in [0.4, 0.5) is 0 Å². The van der Waals surface area contributed by atoms with Crippen LogP contribution in [0.1, 0.15) is 22.5 Å². The fraction of sp³-hybridized carbons (Fsp3) is 0.250. The number of nitrogens with one attached hydrogen (secondary N) is 1. The number of hydrogen-bond donors (Lipinski definition) is 2. The van der Waals surface area contributed by atoms with Gasteiger partial charge in [-0.05, 0) is 30.9 Å². The van der Waals surface area contributed by atoms with Crippen LogP contribution in [0.2, 0.25) is 0 Å². The van der Waals surface area contributed by atoms with Crippen molar-refractivity contribution in [1.82, 2.24) is 5.32 Å². The Morgan fingerprint density at radius 2 is 1.95 bits per heavy atom. The lowest BCUT2D eigenvalue weighted by Gasteiger charge is -2.12. The zero-order valence-corrected chi connectivity index (χ0v) is 13.2. The molecule has 0 aliphatic heterocycles. The lowest BCUT2D eigenvalue weighted by molar-refractivity contribution is -0.139. The van der Waals surface area contributed by atoms with Crippen molar-refractivity contribution >= 4 is 54.0 Å². The van der Waals surface area contributed by atoms with E-state index >= 15 is 0 Å². The van der Waals surface area contributed by atoms with Gasteiger partial charge < -0.3 is 10.4 Å². The number of aliphatic carboxylic acids is 1. The summed E-state index contributed by atoms with van der Waals surface area (Å²) in [6.45, 7) is 0. The van der Waals surface area contributed by atoms with Crippen molar-refractivity contribution in [2.75, 3.05) is 0 Å². The Bertz CT molecular complexity index is 891. The van der Waals surface area contributed by atoms with E-state index in [4.69, 9.17) is 0 Å². The van der Waals surface area contributed by atoms with Gasteiger partial charge in [-0.2, -0.15) is 0 Å². The monoisotopic (exact) mass is 331 g/mol. The number of carboxylic acid groups (broad SMARTS) is 1. The number of hydrogen-bond acceptors (Lipinski definition) is 4. The minimum atomic E-state index is -0.945. The minimum absolute atomic E-state index is 0.0864. The second kappa shape index (κ2) is 5.07. The van der Waals surface area contributed by atoms with Gasteiger partial charge in [-0.3, -0.25) is 4.79 Å². The van der Waals surface area contributed by atoms with Crippen LogP contribution < -0.4 is 5.32 Å². The third-order valence-corrected chi connectivity index (χ3v) is 6.33. The van der Waals surface area contributed by atoms with Gasteiger partial charge in [-0.1, -0.05) is 18.2 Å². The summed E-state index contributed by atoms with van der Waals surface area (Å²) in [5.74, 6) is -1.14. The van der Waals surface area contributed by atoms with Crippen molar-refractivity contribution in [3.63, 3.8) is 0 Å². The largest absolute Gasteiger partial charge is 0.480 e. The molecule has 1 aromatic carbocycles. The molecule has 1 atom stereocenters. The molecule has 4 nitrogen and oxygen atoms in total. The van der Waals surface area contributed by atoms with Crippen LogP contribution in [0.25, 0.3) is 19.5 Å². The predicted octanol–water partition coefficient (Wildman–Crippen LogP) is 3.71. The van der Waals surface area contributed by atoms with E-state index in [1.54, 1.807) is 11.3 Å². The molecule has 3 aromatic rings. The summed E-state index contributed by atoms with van der Waals surface area (Å²) in [5.41, 5.74) is 0. The number of carbonyl (C=O) groups excluding carboxylic acids is 1. The summed E-state index contributed by atoms with van der Waals surface area (Å²) in [5, 5.41) is 13.0. The van der Waals surface area contributed by atoms with E-state index in [0.717, 1.165) is 27.6 Å². The first kappa shape index (κ1) is 13.7. The minimum Gasteiger partial charge on any atom is -0.480 e. The molecule has 0 radical (unpaired) electrons. The number of carboxylic acids is 1. The first-order valence-electron chi connectivity index (χ1n) is 7.08. The molecule has 112 valence electrons. The van der Waals surface area contributed by atoms with Crippen molar-refractivity contribution in [2.45, 2.75) is 18.9 Å². The summed E-state index contributed by atoms with van der Waals surface area (Å²) in [6, 6.07) is 9.22. The predicted molar refractivity (Wildman–Crippen MR) is 88.8 cm³/mol. The Hall–Kier alpha value is -1.92. The fourth-order valence-electron chi connectivity index (χ4n) is 2.63. The quantitative estimate of drug-likeness (QED) is 0.766. The standard InChI is InChI=1S/C16H13NO3S2/c18-15(17-13(16(19)20)8-5-6-8)12-7-11-14(22-12)9-3-1-2-4-10(9)21-11/h1-4,7-8,13H,5-6H2,(H,17,18)(H,19,20). The Balaban J connectivity index is 1.65. The highest BCUT2D eigenvalue weighted by Crippen LogP contribution is 2.39. The van der Waals surface area contributed by atoms with Gasteiger partial charge in [0.05, 0.1) is 9.58 Å². The van der Waals surface area contributed by atoms with Crippen molar-refractivity contribution < 1.29 is 14.7 Å². The number of benzene rings is 1. The van der Waals surface area contributed by atoms with Crippen LogP contribution in [0, 0.1) is 5.92 Å². The second-order valence-corrected chi connectivity index (χ2v) is 7.67. The van der Waals surface area contributed by atoms with E-state index in [9.17, 15) is 14.7 Å². The zero-order chi connectivity index (χ0) is 15.3. The SMILES string of the molecule is O=C(NC(C(=O)O)C1CC1)c1cc2sc3ccccc3c2s1. The maximum absolute atomic E-state index is 12.3. The van der Waals surface area contributed by atoms with Crippen LogP contribution >= 0.6 is 22.7 Å². The van der Waals surface area contributed by atoms with Gasteiger partial charge in [0.15, 0.2) is 0 Å². The number of thiophene rings is 2. The van der Waals surface area contributed by atoms with E-state index in [2.05, 4.69) is 17.4 Å². The Morgan fingerprint density at radius 3 is 2.68 bits per heavy atom. The zero-order valence-electron chi connectivity index (χ0n) is 11.5. The average molecular weight is 331 g/mol. The Labute approximate surface area is 134 Å². The summed E-state index contributed by atoms with van der Waals surface area (Å²) in [6.07, 6.45) is 1.75. The molecule has 0 saturated heterocycles. The van der Waals surface area contributed by atoms with Crippen LogP contribution in [0.15, 0.2) is 30.3 Å². The van der Waals surface area contributed by atoms with Gasteiger partial charge in [0.25, 0.3) is 5.91 Å². The molecular formula is C16H13NO3S2. The molecule has 4 rings (SSSR count). The van der Waals surface area contributed by atoms with Crippen molar-refractivity contribution in [1.29, 1.82) is 0 Å². The van der Waals surface area contributed by atoms with E-state index in [0.29, 0.717) is 4.88 Å².